The molecule has 0 aliphatic carbocycles. The van der Waals surface area contributed by atoms with Gasteiger partial charge in [0.15, 0.2) is 0 Å². The molecule has 0 atom stereocenters. The first-order chi connectivity index (χ1) is 16.0. The summed E-state index contributed by atoms with van der Waals surface area (Å²) >= 11 is 0. The number of amides is 2. The molecule has 1 aliphatic heterocycles. The first-order valence-electron chi connectivity index (χ1n) is 11.6. The van der Waals surface area contributed by atoms with Crippen LogP contribution in [0.1, 0.15) is 54.2 Å². The number of carbonyl (C=O) groups is 2. The second-order valence-corrected chi connectivity index (χ2v) is 10.3. The normalized spacial score (nSPS) is 14.3. The van der Waals surface area contributed by atoms with Crippen LogP contribution in [0.25, 0.3) is 5.57 Å². The number of nitrogens with zero attached hydrogens (tertiary/aromatic N) is 1. The van der Waals surface area contributed by atoms with Crippen molar-refractivity contribution in [3.8, 4) is 0 Å². The van der Waals surface area contributed by atoms with Crippen molar-refractivity contribution in [3.63, 3.8) is 0 Å². The van der Waals surface area contributed by atoms with E-state index in [-0.39, 0.29) is 17.2 Å². The molecule has 2 amide bonds. The average molecular weight is 453 g/mol. The minimum atomic E-state index is -0.343. The maximum Gasteiger partial charge on any atom is 0.282 e. The van der Waals surface area contributed by atoms with Crippen LogP contribution in [-0.2, 0) is 15.0 Å². The lowest BCUT2D eigenvalue weighted by atomic mass is 9.87. The summed E-state index contributed by atoms with van der Waals surface area (Å²) in [4.78, 5) is 28.8. The fraction of sp³-hybridized carbons (Fsp3) is 0.267. The van der Waals surface area contributed by atoms with Gasteiger partial charge in [-0.05, 0) is 85.2 Å². The van der Waals surface area contributed by atoms with Crippen LogP contribution < -0.4 is 10.2 Å². The van der Waals surface area contributed by atoms with E-state index in [2.05, 4.69) is 38.2 Å². The van der Waals surface area contributed by atoms with E-state index < -0.39 is 0 Å². The maximum absolute atomic E-state index is 13.8. The molecule has 3 aromatic carbocycles. The second kappa shape index (κ2) is 8.60. The van der Waals surface area contributed by atoms with Crippen LogP contribution >= 0.6 is 0 Å². The molecule has 0 bridgehead atoms. The van der Waals surface area contributed by atoms with Crippen LogP contribution in [0.2, 0.25) is 0 Å². The Bertz CT molecular complexity index is 1300. The van der Waals surface area contributed by atoms with Crippen molar-refractivity contribution in [1.29, 1.82) is 0 Å². The molecule has 1 N–H and O–H groups in total. The molecular formula is C30H32N2O2. The van der Waals surface area contributed by atoms with E-state index in [1.54, 1.807) is 0 Å². The lowest BCUT2D eigenvalue weighted by Crippen LogP contribution is -2.32. The number of nitrogens with one attached hydrogen (secondary N) is 1. The molecule has 3 aromatic rings. The summed E-state index contributed by atoms with van der Waals surface area (Å²) in [5.41, 5.74) is 8.14. The second-order valence-electron chi connectivity index (χ2n) is 10.3. The van der Waals surface area contributed by atoms with Gasteiger partial charge >= 0.3 is 0 Å². The van der Waals surface area contributed by atoms with Gasteiger partial charge in [-0.1, -0.05) is 62.7 Å². The molecule has 174 valence electrons. The minimum Gasteiger partial charge on any atom is -0.350 e. The third kappa shape index (κ3) is 4.41. The molecule has 0 radical (unpaired) electrons. The summed E-state index contributed by atoms with van der Waals surface area (Å²) < 4.78 is 0. The van der Waals surface area contributed by atoms with Crippen molar-refractivity contribution in [2.45, 2.75) is 53.9 Å². The molecule has 0 spiro atoms. The van der Waals surface area contributed by atoms with Gasteiger partial charge in [-0.3, -0.25) is 9.59 Å². The van der Waals surface area contributed by atoms with Crippen molar-refractivity contribution in [1.82, 2.24) is 0 Å². The van der Waals surface area contributed by atoms with Crippen molar-refractivity contribution in [2.75, 3.05) is 10.2 Å². The van der Waals surface area contributed by atoms with E-state index in [0.29, 0.717) is 17.0 Å². The van der Waals surface area contributed by atoms with E-state index in [1.165, 1.54) is 10.5 Å². The molecule has 1 aliphatic rings. The standard InChI is InChI=1S/C30H32N2O2/c1-18-8-13-25(21(4)15-18)26-27(31-23-11-9-22(10-12-23)30(5,6)7)29(34)32(28(26)33)24-16-19(2)14-20(3)17-24/h8-17,31H,1-7H3. The third-order valence-corrected chi connectivity index (χ3v) is 6.22. The van der Waals surface area contributed by atoms with Gasteiger partial charge in [-0.15, -0.1) is 0 Å². The molecule has 0 saturated carbocycles. The van der Waals surface area contributed by atoms with Gasteiger partial charge < -0.3 is 5.32 Å². The van der Waals surface area contributed by atoms with Crippen LogP contribution in [0.4, 0.5) is 11.4 Å². The Balaban J connectivity index is 1.83. The molecule has 4 nitrogen and oxygen atoms in total. The highest BCUT2D eigenvalue weighted by Crippen LogP contribution is 2.36. The first kappa shape index (κ1) is 23.5. The largest absolute Gasteiger partial charge is 0.350 e. The van der Waals surface area contributed by atoms with E-state index >= 15 is 0 Å². The van der Waals surface area contributed by atoms with Crippen molar-refractivity contribution >= 4 is 28.8 Å². The lowest BCUT2D eigenvalue weighted by molar-refractivity contribution is -0.120. The molecule has 0 aromatic heterocycles. The maximum atomic E-state index is 13.8. The van der Waals surface area contributed by atoms with E-state index in [4.69, 9.17) is 0 Å². The van der Waals surface area contributed by atoms with Gasteiger partial charge in [0.2, 0.25) is 0 Å². The van der Waals surface area contributed by atoms with Crippen molar-refractivity contribution in [2.24, 2.45) is 0 Å². The van der Waals surface area contributed by atoms with Gasteiger partial charge in [-0.25, -0.2) is 4.90 Å². The van der Waals surface area contributed by atoms with Gasteiger partial charge in [0.25, 0.3) is 11.8 Å². The first-order valence-corrected chi connectivity index (χ1v) is 11.6. The summed E-state index contributed by atoms with van der Waals surface area (Å²) in [7, 11) is 0. The monoisotopic (exact) mass is 452 g/mol. The summed E-state index contributed by atoms with van der Waals surface area (Å²) in [6.45, 7) is 14.4. The molecule has 4 heteroatoms. The molecular weight excluding hydrogens is 420 g/mol. The Labute approximate surface area is 202 Å². The van der Waals surface area contributed by atoms with Crippen LogP contribution in [-0.4, -0.2) is 11.8 Å². The van der Waals surface area contributed by atoms with Crippen LogP contribution in [0.3, 0.4) is 0 Å². The highest BCUT2D eigenvalue weighted by atomic mass is 16.2. The average Bonchev–Trinajstić information content (AvgIpc) is 2.97. The highest BCUT2D eigenvalue weighted by Gasteiger charge is 2.41. The quantitative estimate of drug-likeness (QED) is 0.453. The number of hydrogen-bond acceptors (Lipinski definition) is 3. The SMILES string of the molecule is Cc1cc(C)cc(N2C(=O)C(Nc3ccc(C(C)(C)C)cc3)=C(c3ccc(C)cc3C)C2=O)c1. The number of carbonyl (C=O) groups excluding carboxylic acids is 2. The predicted octanol–water partition coefficient (Wildman–Crippen LogP) is 6.61. The Kier molecular flexibility index (Phi) is 5.94. The minimum absolute atomic E-state index is 0.0287. The Morgan fingerprint density at radius 2 is 1.32 bits per heavy atom. The van der Waals surface area contributed by atoms with Gasteiger partial charge in [-0.2, -0.15) is 0 Å². The van der Waals surface area contributed by atoms with Crippen molar-refractivity contribution in [3.05, 3.63) is 99.7 Å². The molecule has 0 unspecified atom stereocenters. The number of anilines is 2. The lowest BCUT2D eigenvalue weighted by Gasteiger charge is -2.19. The molecule has 4 rings (SSSR count). The molecule has 1 heterocycles. The molecule has 0 fully saturated rings. The summed E-state index contributed by atoms with van der Waals surface area (Å²) in [5, 5.41) is 3.29. The Morgan fingerprint density at radius 3 is 1.88 bits per heavy atom. The van der Waals surface area contributed by atoms with Crippen LogP contribution in [0.15, 0.2) is 66.4 Å². The summed E-state index contributed by atoms with van der Waals surface area (Å²) in [5.74, 6) is -0.652. The van der Waals surface area contributed by atoms with Gasteiger partial charge in [0.1, 0.15) is 5.70 Å². The fourth-order valence-corrected chi connectivity index (χ4v) is 4.50. The zero-order valence-corrected chi connectivity index (χ0v) is 21.0. The van der Waals surface area contributed by atoms with Gasteiger partial charge in [0.05, 0.1) is 11.3 Å². The number of imide groups is 1. The zero-order chi connectivity index (χ0) is 24.8. The van der Waals surface area contributed by atoms with Crippen LogP contribution in [0, 0.1) is 27.7 Å². The number of benzene rings is 3. The summed E-state index contributed by atoms with van der Waals surface area (Å²) in [6.07, 6.45) is 0. The van der Waals surface area contributed by atoms with E-state index in [0.717, 1.165) is 33.5 Å². The zero-order valence-electron chi connectivity index (χ0n) is 21.0. The predicted molar refractivity (Wildman–Crippen MR) is 140 cm³/mol. The molecule has 0 saturated heterocycles. The number of rotatable bonds is 4. The fourth-order valence-electron chi connectivity index (χ4n) is 4.50. The van der Waals surface area contributed by atoms with Crippen molar-refractivity contribution < 1.29 is 9.59 Å². The highest BCUT2D eigenvalue weighted by molar-refractivity contribution is 6.46. The topological polar surface area (TPSA) is 49.4 Å². The van der Waals surface area contributed by atoms with Gasteiger partial charge in [0, 0.05) is 5.69 Å². The number of aryl methyl sites for hydroxylation is 4. The van der Waals surface area contributed by atoms with E-state index in [1.807, 2.05) is 76.2 Å². The van der Waals surface area contributed by atoms with E-state index in [9.17, 15) is 9.59 Å². The Hall–Kier alpha value is -3.66. The summed E-state index contributed by atoms with van der Waals surface area (Å²) in [6, 6.07) is 19.8. The van der Waals surface area contributed by atoms with Crippen LogP contribution in [0.5, 0.6) is 0 Å². The molecule has 34 heavy (non-hydrogen) atoms. The Morgan fingerprint density at radius 1 is 0.706 bits per heavy atom. The smallest absolute Gasteiger partial charge is 0.282 e. The number of hydrogen-bond donors (Lipinski definition) is 1. The third-order valence-electron chi connectivity index (χ3n) is 6.22.